The van der Waals surface area contributed by atoms with Crippen LogP contribution in [0.5, 0.6) is 0 Å². The Morgan fingerprint density at radius 2 is 2.00 bits per heavy atom. The molecule has 0 radical (unpaired) electrons. The first kappa shape index (κ1) is 14.7. The van der Waals surface area contributed by atoms with Crippen LogP contribution >= 0.6 is 15.9 Å². The predicted octanol–water partition coefficient (Wildman–Crippen LogP) is 5.79. The maximum absolute atomic E-state index is 13.2. The van der Waals surface area contributed by atoms with Gasteiger partial charge in [-0.15, -0.1) is 0 Å². The second-order valence-electron chi connectivity index (χ2n) is 4.72. The number of hydrogen-bond donors (Lipinski definition) is 0. The Hall–Kier alpha value is -0.370. The predicted molar refractivity (Wildman–Crippen MR) is 76.1 cm³/mol. The van der Waals surface area contributed by atoms with Crippen molar-refractivity contribution in [2.75, 3.05) is 0 Å². The van der Waals surface area contributed by atoms with Gasteiger partial charge in [-0.3, -0.25) is 0 Å². The van der Waals surface area contributed by atoms with Crippen LogP contribution in [0.4, 0.5) is 4.39 Å². The van der Waals surface area contributed by atoms with Gasteiger partial charge in [0.25, 0.3) is 0 Å². The molecule has 0 spiro atoms. The number of halogens is 2. The topological polar surface area (TPSA) is 0 Å². The van der Waals surface area contributed by atoms with Crippen molar-refractivity contribution in [2.24, 2.45) is 5.92 Å². The van der Waals surface area contributed by atoms with E-state index in [0.717, 1.165) is 12.0 Å². The Morgan fingerprint density at radius 3 is 2.53 bits per heavy atom. The number of hydrogen-bond acceptors (Lipinski definition) is 0. The Kier molecular flexibility index (Phi) is 6.18. The molecule has 96 valence electrons. The molecule has 0 aliphatic rings. The molecule has 0 N–H and O–H groups in total. The highest BCUT2D eigenvalue weighted by Gasteiger charge is 2.19. The number of benzene rings is 1. The third kappa shape index (κ3) is 4.09. The van der Waals surface area contributed by atoms with Crippen molar-refractivity contribution in [2.45, 2.75) is 51.3 Å². The highest BCUT2D eigenvalue weighted by atomic mass is 79.9. The van der Waals surface area contributed by atoms with Gasteiger partial charge in [0.05, 0.1) is 0 Å². The van der Waals surface area contributed by atoms with Gasteiger partial charge in [0.2, 0.25) is 0 Å². The van der Waals surface area contributed by atoms with Gasteiger partial charge in [-0.2, -0.15) is 0 Å². The normalized spacial score (nSPS) is 14.6. The van der Waals surface area contributed by atoms with Crippen LogP contribution in [-0.2, 0) is 0 Å². The Labute approximate surface area is 113 Å². The van der Waals surface area contributed by atoms with Gasteiger partial charge >= 0.3 is 0 Å². The minimum atomic E-state index is -0.116. The standard InChI is InChI=1S/C15H22BrF/c1-4-6-7-12(5-2)15(16)13-8-9-14(17)11(3)10-13/h8-10,12,15H,4-7H2,1-3H3. The molecule has 0 bridgehead atoms. The number of aryl methyl sites for hydroxylation is 1. The maximum atomic E-state index is 13.2. The molecule has 2 atom stereocenters. The van der Waals surface area contributed by atoms with Gasteiger partial charge in [0, 0.05) is 4.83 Å². The van der Waals surface area contributed by atoms with Gasteiger partial charge in [0.1, 0.15) is 5.82 Å². The Morgan fingerprint density at radius 1 is 1.29 bits per heavy atom. The molecule has 0 saturated heterocycles. The SMILES string of the molecule is CCCCC(CC)C(Br)c1ccc(F)c(C)c1. The summed E-state index contributed by atoms with van der Waals surface area (Å²) in [5.74, 6) is 0.523. The highest BCUT2D eigenvalue weighted by molar-refractivity contribution is 9.09. The lowest BCUT2D eigenvalue weighted by atomic mass is 9.91. The fourth-order valence-corrected chi connectivity index (χ4v) is 3.06. The van der Waals surface area contributed by atoms with E-state index in [1.807, 2.05) is 19.1 Å². The molecule has 2 unspecified atom stereocenters. The molecule has 0 amide bonds. The molecular formula is C15H22BrF. The molecule has 2 heteroatoms. The molecule has 1 aromatic rings. The molecule has 0 fully saturated rings. The van der Waals surface area contributed by atoms with E-state index in [2.05, 4.69) is 29.8 Å². The Bertz CT molecular complexity index is 349. The first-order valence-electron chi connectivity index (χ1n) is 6.50. The average molecular weight is 301 g/mol. The molecule has 1 rings (SSSR count). The molecular weight excluding hydrogens is 279 g/mol. The number of rotatable bonds is 6. The van der Waals surface area contributed by atoms with E-state index < -0.39 is 0 Å². The third-order valence-electron chi connectivity index (χ3n) is 3.37. The molecule has 0 heterocycles. The average Bonchev–Trinajstić information content (AvgIpc) is 2.33. The van der Waals surface area contributed by atoms with Crippen molar-refractivity contribution < 1.29 is 4.39 Å². The molecule has 0 saturated carbocycles. The first-order valence-corrected chi connectivity index (χ1v) is 7.41. The van der Waals surface area contributed by atoms with Crippen LogP contribution in [0.2, 0.25) is 0 Å². The highest BCUT2D eigenvalue weighted by Crippen LogP contribution is 2.36. The second kappa shape index (κ2) is 7.15. The quantitative estimate of drug-likeness (QED) is 0.584. The number of unbranched alkanes of at least 4 members (excludes halogenated alkanes) is 1. The lowest BCUT2D eigenvalue weighted by Gasteiger charge is -2.22. The summed E-state index contributed by atoms with van der Waals surface area (Å²) in [7, 11) is 0. The fraction of sp³-hybridized carbons (Fsp3) is 0.600. The summed E-state index contributed by atoms with van der Waals surface area (Å²) in [6.45, 7) is 6.27. The summed E-state index contributed by atoms with van der Waals surface area (Å²) >= 11 is 3.78. The van der Waals surface area contributed by atoms with E-state index in [1.165, 1.54) is 24.8 Å². The van der Waals surface area contributed by atoms with Gasteiger partial charge in [-0.1, -0.05) is 61.2 Å². The van der Waals surface area contributed by atoms with Crippen molar-refractivity contribution in [3.63, 3.8) is 0 Å². The van der Waals surface area contributed by atoms with Crippen LogP contribution < -0.4 is 0 Å². The van der Waals surface area contributed by atoms with E-state index in [1.54, 1.807) is 6.07 Å². The molecule has 0 aliphatic carbocycles. The second-order valence-corrected chi connectivity index (χ2v) is 5.71. The summed E-state index contributed by atoms with van der Waals surface area (Å²) in [5, 5.41) is 0. The molecule has 0 nitrogen and oxygen atoms in total. The van der Waals surface area contributed by atoms with E-state index in [0.29, 0.717) is 10.7 Å². The summed E-state index contributed by atoms with van der Waals surface area (Å²) in [5.41, 5.74) is 1.93. The minimum Gasteiger partial charge on any atom is -0.207 e. The smallest absolute Gasteiger partial charge is 0.126 e. The van der Waals surface area contributed by atoms with Gasteiger partial charge in [0.15, 0.2) is 0 Å². The van der Waals surface area contributed by atoms with E-state index in [9.17, 15) is 4.39 Å². The summed E-state index contributed by atoms with van der Waals surface area (Å²) in [6, 6.07) is 5.44. The van der Waals surface area contributed by atoms with Crippen LogP contribution in [0.3, 0.4) is 0 Å². The fourth-order valence-electron chi connectivity index (χ4n) is 2.14. The van der Waals surface area contributed by atoms with Crippen molar-refractivity contribution in [3.8, 4) is 0 Å². The maximum Gasteiger partial charge on any atom is 0.126 e. The largest absolute Gasteiger partial charge is 0.207 e. The van der Waals surface area contributed by atoms with Gasteiger partial charge < -0.3 is 0 Å². The van der Waals surface area contributed by atoms with E-state index >= 15 is 0 Å². The zero-order chi connectivity index (χ0) is 12.8. The number of alkyl halides is 1. The molecule has 0 aromatic heterocycles. The zero-order valence-electron chi connectivity index (χ0n) is 11.0. The van der Waals surface area contributed by atoms with E-state index in [-0.39, 0.29) is 5.82 Å². The molecule has 0 aliphatic heterocycles. The van der Waals surface area contributed by atoms with Crippen molar-refractivity contribution >= 4 is 15.9 Å². The van der Waals surface area contributed by atoms with Crippen molar-refractivity contribution in [1.82, 2.24) is 0 Å². The molecule has 17 heavy (non-hydrogen) atoms. The summed E-state index contributed by atoms with van der Waals surface area (Å²) in [6.07, 6.45) is 4.89. The van der Waals surface area contributed by atoms with Crippen LogP contribution in [0.25, 0.3) is 0 Å². The van der Waals surface area contributed by atoms with Crippen LogP contribution in [0.1, 0.15) is 55.5 Å². The Balaban J connectivity index is 2.78. The van der Waals surface area contributed by atoms with Gasteiger partial charge in [-0.05, 0) is 36.5 Å². The van der Waals surface area contributed by atoms with Crippen molar-refractivity contribution in [3.05, 3.63) is 35.1 Å². The third-order valence-corrected chi connectivity index (χ3v) is 4.64. The summed E-state index contributed by atoms with van der Waals surface area (Å²) in [4.78, 5) is 0.346. The minimum absolute atomic E-state index is 0.116. The summed E-state index contributed by atoms with van der Waals surface area (Å²) < 4.78 is 13.2. The lowest BCUT2D eigenvalue weighted by molar-refractivity contribution is 0.445. The monoisotopic (exact) mass is 300 g/mol. The molecule has 1 aromatic carbocycles. The van der Waals surface area contributed by atoms with Crippen LogP contribution in [0, 0.1) is 18.7 Å². The first-order chi connectivity index (χ1) is 8.10. The van der Waals surface area contributed by atoms with Gasteiger partial charge in [-0.25, -0.2) is 4.39 Å². The van der Waals surface area contributed by atoms with Crippen molar-refractivity contribution in [1.29, 1.82) is 0 Å². The van der Waals surface area contributed by atoms with Crippen LogP contribution in [0.15, 0.2) is 18.2 Å². The van der Waals surface area contributed by atoms with E-state index in [4.69, 9.17) is 0 Å². The van der Waals surface area contributed by atoms with Crippen LogP contribution in [-0.4, -0.2) is 0 Å². The zero-order valence-corrected chi connectivity index (χ0v) is 12.6. The lowest BCUT2D eigenvalue weighted by Crippen LogP contribution is -2.07.